The van der Waals surface area contributed by atoms with Gasteiger partial charge in [-0.1, -0.05) is 13.3 Å². The molecule has 1 heterocycles. The van der Waals surface area contributed by atoms with Crippen LogP contribution in [0.5, 0.6) is 0 Å². The molecule has 0 saturated carbocycles. The van der Waals surface area contributed by atoms with Crippen molar-refractivity contribution in [1.29, 1.82) is 0 Å². The summed E-state index contributed by atoms with van der Waals surface area (Å²) in [6.07, 6.45) is 2.90. The molecule has 1 aromatic rings. The van der Waals surface area contributed by atoms with Crippen LogP contribution >= 0.6 is 0 Å². The first kappa shape index (κ1) is 10.1. The molecule has 0 aromatic carbocycles. The molecule has 1 unspecified atom stereocenters. The molecule has 3 N–H and O–H groups in total. The lowest BCUT2D eigenvalue weighted by Crippen LogP contribution is -2.22. The van der Waals surface area contributed by atoms with Crippen molar-refractivity contribution in [2.24, 2.45) is 18.7 Å². The van der Waals surface area contributed by atoms with Gasteiger partial charge in [0, 0.05) is 19.7 Å². The fraction of sp³-hybridized carbons (Fsp3) is 0.667. The monoisotopic (exact) mass is 182 g/mol. The van der Waals surface area contributed by atoms with Crippen LogP contribution in [0.4, 0.5) is 5.82 Å². The SMILES string of the molecule is CCC(CN)CNc1ccnn1C. The zero-order valence-electron chi connectivity index (χ0n) is 8.33. The number of hydrogen-bond acceptors (Lipinski definition) is 3. The molecule has 1 aromatic heterocycles. The third kappa shape index (κ3) is 2.73. The Morgan fingerprint density at radius 2 is 2.46 bits per heavy atom. The first-order valence-electron chi connectivity index (χ1n) is 4.69. The average Bonchev–Trinajstić information content (AvgIpc) is 2.54. The van der Waals surface area contributed by atoms with E-state index >= 15 is 0 Å². The summed E-state index contributed by atoms with van der Waals surface area (Å²) >= 11 is 0. The molecular formula is C9H18N4. The summed E-state index contributed by atoms with van der Waals surface area (Å²) in [4.78, 5) is 0. The second-order valence-electron chi connectivity index (χ2n) is 3.23. The Bertz CT molecular complexity index is 240. The van der Waals surface area contributed by atoms with Crippen molar-refractivity contribution in [2.75, 3.05) is 18.4 Å². The maximum atomic E-state index is 5.60. The maximum Gasteiger partial charge on any atom is 0.123 e. The molecule has 1 rings (SSSR count). The zero-order chi connectivity index (χ0) is 9.68. The lowest BCUT2D eigenvalue weighted by Gasteiger charge is -2.13. The standard InChI is InChI=1S/C9H18N4/c1-3-8(6-10)7-11-9-4-5-12-13(9)2/h4-5,8,11H,3,6-7,10H2,1-2H3. The van der Waals surface area contributed by atoms with Crippen LogP contribution < -0.4 is 11.1 Å². The van der Waals surface area contributed by atoms with Crippen LogP contribution in [-0.4, -0.2) is 22.9 Å². The Hall–Kier alpha value is -1.03. The minimum Gasteiger partial charge on any atom is -0.370 e. The Balaban J connectivity index is 2.38. The molecule has 0 aliphatic carbocycles. The van der Waals surface area contributed by atoms with Gasteiger partial charge in [-0.3, -0.25) is 4.68 Å². The third-order valence-electron chi connectivity index (χ3n) is 2.30. The summed E-state index contributed by atoms with van der Waals surface area (Å²) in [5.74, 6) is 1.60. The van der Waals surface area contributed by atoms with Crippen molar-refractivity contribution < 1.29 is 0 Å². The van der Waals surface area contributed by atoms with Gasteiger partial charge >= 0.3 is 0 Å². The maximum absolute atomic E-state index is 5.60. The van der Waals surface area contributed by atoms with Gasteiger partial charge in [0.25, 0.3) is 0 Å². The summed E-state index contributed by atoms with van der Waals surface area (Å²) < 4.78 is 1.82. The molecule has 0 aliphatic rings. The second kappa shape index (κ2) is 4.87. The molecule has 0 spiro atoms. The lowest BCUT2D eigenvalue weighted by atomic mass is 10.1. The fourth-order valence-electron chi connectivity index (χ4n) is 1.19. The summed E-state index contributed by atoms with van der Waals surface area (Å²) in [6.45, 7) is 3.82. The largest absolute Gasteiger partial charge is 0.370 e. The summed E-state index contributed by atoms with van der Waals surface area (Å²) in [7, 11) is 1.92. The van der Waals surface area contributed by atoms with Crippen LogP contribution in [0.1, 0.15) is 13.3 Å². The van der Waals surface area contributed by atoms with E-state index in [2.05, 4.69) is 17.3 Å². The fourth-order valence-corrected chi connectivity index (χ4v) is 1.19. The number of nitrogens with one attached hydrogen (secondary N) is 1. The third-order valence-corrected chi connectivity index (χ3v) is 2.30. The van der Waals surface area contributed by atoms with Gasteiger partial charge in [-0.2, -0.15) is 5.10 Å². The van der Waals surface area contributed by atoms with Gasteiger partial charge in [-0.15, -0.1) is 0 Å². The van der Waals surface area contributed by atoms with E-state index in [1.807, 2.05) is 17.8 Å². The zero-order valence-corrected chi connectivity index (χ0v) is 8.33. The number of nitrogens with zero attached hydrogens (tertiary/aromatic N) is 2. The number of aromatic nitrogens is 2. The summed E-state index contributed by atoms with van der Waals surface area (Å²) in [6, 6.07) is 1.96. The molecule has 0 radical (unpaired) electrons. The van der Waals surface area contributed by atoms with E-state index in [0.717, 1.165) is 25.3 Å². The Kier molecular flexibility index (Phi) is 3.76. The van der Waals surface area contributed by atoms with Crippen molar-refractivity contribution in [3.8, 4) is 0 Å². The van der Waals surface area contributed by atoms with E-state index in [9.17, 15) is 0 Å². The topological polar surface area (TPSA) is 55.9 Å². The van der Waals surface area contributed by atoms with E-state index in [-0.39, 0.29) is 0 Å². The van der Waals surface area contributed by atoms with Crippen molar-refractivity contribution in [3.63, 3.8) is 0 Å². The number of anilines is 1. The van der Waals surface area contributed by atoms with Gasteiger partial charge in [0.15, 0.2) is 0 Å². The Morgan fingerprint density at radius 3 is 2.92 bits per heavy atom. The van der Waals surface area contributed by atoms with E-state index in [4.69, 9.17) is 5.73 Å². The number of rotatable bonds is 5. The smallest absolute Gasteiger partial charge is 0.123 e. The Morgan fingerprint density at radius 1 is 1.69 bits per heavy atom. The van der Waals surface area contributed by atoms with Gasteiger partial charge in [0.05, 0.1) is 6.20 Å². The van der Waals surface area contributed by atoms with Crippen LogP contribution in [0.15, 0.2) is 12.3 Å². The van der Waals surface area contributed by atoms with Crippen molar-refractivity contribution in [3.05, 3.63) is 12.3 Å². The van der Waals surface area contributed by atoms with Crippen molar-refractivity contribution in [2.45, 2.75) is 13.3 Å². The number of hydrogen-bond donors (Lipinski definition) is 2. The van der Waals surface area contributed by atoms with E-state index < -0.39 is 0 Å². The molecule has 4 heteroatoms. The predicted molar refractivity (Wildman–Crippen MR) is 54.5 cm³/mol. The molecule has 13 heavy (non-hydrogen) atoms. The Labute approximate surface area is 79.1 Å². The summed E-state index contributed by atoms with van der Waals surface area (Å²) in [5.41, 5.74) is 5.60. The first-order valence-corrected chi connectivity index (χ1v) is 4.69. The molecule has 0 aliphatic heterocycles. The quantitative estimate of drug-likeness (QED) is 0.708. The van der Waals surface area contributed by atoms with Crippen molar-refractivity contribution in [1.82, 2.24) is 9.78 Å². The molecule has 0 fully saturated rings. The van der Waals surface area contributed by atoms with Crippen LogP contribution in [0, 0.1) is 5.92 Å². The van der Waals surface area contributed by atoms with Gasteiger partial charge in [-0.25, -0.2) is 0 Å². The van der Waals surface area contributed by atoms with Gasteiger partial charge < -0.3 is 11.1 Å². The highest BCUT2D eigenvalue weighted by Gasteiger charge is 2.04. The van der Waals surface area contributed by atoms with Gasteiger partial charge in [-0.05, 0) is 12.5 Å². The normalized spacial score (nSPS) is 12.8. The van der Waals surface area contributed by atoms with Crippen molar-refractivity contribution >= 4 is 5.82 Å². The highest BCUT2D eigenvalue weighted by atomic mass is 15.3. The van der Waals surface area contributed by atoms with Gasteiger partial charge in [0.1, 0.15) is 5.82 Å². The molecule has 4 nitrogen and oxygen atoms in total. The minimum absolute atomic E-state index is 0.551. The molecular weight excluding hydrogens is 164 g/mol. The molecule has 74 valence electrons. The van der Waals surface area contributed by atoms with E-state index in [0.29, 0.717) is 5.92 Å². The number of nitrogens with two attached hydrogens (primary N) is 1. The van der Waals surface area contributed by atoms with Crippen LogP contribution in [0.2, 0.25) is 0 Å². The van der Waals surface area contributed by atoms with Crippen LogP contribution in [0.3, 0.4) is 0 Å². The molecule has 0 bridgehead atoms. The summed E-state index contributed by atoms with van der Waals surface area (Å²) in [5, 5.41) is 7.38. The molecule has 0 saturated heterocycles. The second-order valence-corrected chi connectivity index (χ2v) is 3.23. The van der Waals surface area contributed by atoms with Crippen LogP contribution in [-0.2, 0) is 7.05 Å². The molecule has 0 amide bonds. The predicted octanol–water partition coefficient (Wildman–Crippen LogP) is 0.817. The van der Waals surface area contributed by atoms with Gasteiger partial charge in [0.2, 0.25) is 0 Å². The lowest BCUT2D eigenvalue weighted by molar-refractivity contribution is 0.545. The highest BCUT2D eigenvalue weighted by Crippen LogP contribution is 2.06. The average molecular weight is 182 g/mol. The molecule has 1 atom stereocenters. The first-order chi connectivity index (χ1) is 6.27. The van der Waals surface area contributed by atoms with E-state index in [1.54, 1.807) is 6.20 Å². The van der Waals surface area contributed by atoms with Crippen LogP contribution in [0.25, 0.3) is 0 Å². The van der Waals surface area contributed by atoms with E-state index in [1.165, 1.54) is 0 Å². The minimum atomic E-state index is 0.551. The number of aryl methyl sites for hydroxylation is 1. The highest BCUT2D eigenvalue weighted by molar-refractivity contribution is 5.33.